The van der Waals surface area contributed by atoms with Crippen molar-refractivity contribution in [3.8, 4) is 34.0 Å². The van der Waals surface area contributed by atoms with Crippen LogP contribution in [0, 0.1) is 0 Å². The van der Waals surface area contributed by atoms with Crippen LogP contribution in [-0.2, 0) is 0 Å². The Hall–Kier alpha value is -7.04. The van der Waals surface area contributed by atoms with Crippen molar-refractivity contribution in [1.82, 2.24) is 19.1 Å². The van der Waals surface area contributed by atoms with Crippen LogP contribution >= 0.6 is 0 Å². The van der Waals surface area contributed by atoms with Gasteiger partial charge >= 0.3 is 0 Å². The predicted octanol–water partition coefficient (Wildman–Crippen LogP) is 12.3. The number of benzene rings is 8. The highest BCUT2D eigenvalue weighted by molar-refractivity contribution is 6.36. The Morgan fingerprint density at radius 1 is 0.327 bits per heavy atom. The van der Waals surface area contributed by atoms with Crippen molar-refractivity contribution in [2.45, 2.75) is 0 Å². The van der Waals surface area contributed by atoms with E-state index in [-0.39, 0.29) is 0 Å². The van der Waals surface area contributed by atoms with E-state index in [4.69, 9.17) is 9.97 Å². The van der Waals surface area contributed by atoms with Gasteiger partial charge in [0.25, 0.3) is 0 Å². The third-order valence-corrected chi connectivity index (χ3v) is 10.5. The number of hydrogen-bond acceptors (Lipinski definition) is 2. The Bertz CT molecular complexity index is 3160. The van der Waals surface area contributed by atoms with Crippen LogP contribution in [0.25, 0.3) is 99.3 Å². The zero-order chi connectivity index (χ0) is 34.2. The van der Waals surface area contributed by atoms with Crippen molar-refractivity contribution in [3.63, 3.8) is 0 Å². The molecule has 0 saturated heterocycles. The second kappa shape index (κ2) is 11.2. The quantitative estimate of drug-likeness (QED) is 0.188. The topological polar surface area (TPSA) is 35.6 Å². The molecule has 52 heavy (non-hydrogen) atoms. The van der Waals surface area contributed by atoms with Gasteiger partial charge in [-0.25, -0.2) is 9.97 Å². The van der Waals surface area contributed by atoms with Gasteiger partial charge in [0.15, 0.2) is 0 Å². The van der Waals surface area contributed by atoms with Gasteiger partial charge in [0, 0.05) is 38.2 Å². The Morgan fingerprint density at radius 3 is 1.42 bits per heavy atom. The summed E-state index contributed by atoms with van der Waals surface area (Å²) in [7, 11) is 0. The predicted molar refractivity (Wildman–Crippen MR) is 217 cm³/mol. The molecule has 0 aliphatic carbocycles. The zero-order valence-electron chi connectivity index (χ0n) is 28.1. The van der Waals surface area contributed by atoms with Gasteiger partial charge in [-0.15, -0.1) is 0 Å². The van der Waals surface area contributed by atoms with Crippen LogP contribution in [0.2, 0.25) is 0 Å². The fourth-order valence-corrected chi connectivity index (χ4v) is 8.28. The Morgan fingerprint density at radius 2 is 0.788 bits per heavy atom. The first-order valence-corrected chi connectivity index (χ1v) is 17.7. The van der Waals surface area contributed by atoms with Crippen LogP contribution < -0.4 is 0 Å². The monoisotopic (exact) mass is 662 g/mol. The maximum Gasteiger partial charge on any atom is 0.235 e. The minimum Gasteiger partial charge on any atom is -0.307 e. The molecule has 0 spiro atoms. The van der Waals surface area contributed by atoms with Crippen molar-refractivity contribution in [2.75, 3.05) is 0 Å². The maximum atomic E-state index is 5.44. The first kappa shape index (κ1) is 28.8. The lowest BCUT2D eigenvalue weighted by molar-refractivity contribution is 1.01. The third kappa shape index (κ3) is 4.15. The van der Waals surface area contributed by atoms with Crippen molar-refractivity contribution >= 4 is 65.3 Å². The minimum absolute atomic E-state index is 0.650. The Kier molecular flexibility index (Phi) is 6.22. The largest absolute Gasteiger partial charge is 0.307 e. The SMILES string of the molecule is c1ccc(-c2ccc(-n3c4ccccc4c4c5ccccc5c5c6ccccc6n(-c6nc(-c7ccccc7)c7ccccc7n6)c5c43)cc2)cc1. The average Bonchev–Trinajstić information content (AvgIpc) is 3.75. The van der Waals surface area contributed by atoms with Crippen LogP contribution in [0.5, 0.6) is 0 Å². The summed E-state index contributed by atoms with van der Waals surface area (Å²) in [6.07, 6.45) is 0. The molecule has 0 N–H and O–H groups in total. The van der Waals surface area contributed by atoms with Crippen LogP contribution in [0.1, 0.15) is 0 Å². The Balaban J connectivity index is 1.34. The minimum atomic E-state index is 0.650. The first-order chi connectivity index (χ1) is 25.8. The maximum absolute atomic E-state index is 5.44. The van der Waals surface area contributed by atoms with Crippen LogP contribution in [0.3, 0.4) is 0 Å². The van der Waals surface area contributed by atoms with Crippen LogP contribution in [-0.4, -0.2) is 19.1 Å². The highest BCUT2D eigenvalue weighted by Crippen LogP contribution is 2.46. The molecule has 11 rings (SSSR count). The summed E-state index contributed by atoms with van der Waals surface area (Å²) >= 11 is 0. The second-order valence-corrected chi connectivity index (χ2v) is 13.4. The number of rotatable bonds is 4. The number of fused-ring (bicyclic) bond motifs is 11. The third-order valence-electron chi connectivity index (χ3n) is 10.5. The number of para-hydroxylation sites is 3. The molecule has 0 unspecified atom stereocenters. The summed E-state index contributed by atoms with van der Waals surface area (Å²) in [5.74, 6) is 0.650. The summed E-state index contributed by atoms with van der Waals surface area (Å²) in [5, 5.41) is 8.27. The fraction of sp³-hybridized carbons (Fsp3) is 0. The molecule has 242 valence electrons. The van der Waals surface area contributed by atoms with E-state index >= 15 is 0 Å². The van der Waals surface area contributed by atoms with Gasteiger partial charge in [0.1, 0.15) is 0 Å². The van der Waals surface area contributed by atoms with E-state index in [1.807, 2.05) is 6.07 Å². The first-order valence-electron chi connectivity index (χ1n) is 17.7. The molecule has 0 aliphatic rings. The van der Waals surface area contributed by atoms with Gasteiger partial charge in [-0.2, -0.15) is 0 Å². The Labute approximate surface area is 299 Å². The standard InChI is InChI=1S/C48H30N4/c1-3-15-31(16-4-1)32-27-29-34(30-28-32)51-41-25-13-10-22-38(41)43-35-19-7-8-20-36(35)44-39-23-11-14-26-42(39)52(47(44)46(43)51)48-49-40-24-12-9-21-37(40)45(50-48)33-17-5-2-6-18-33/h1-30H. The highest BCUT2D eigenvalue weighted by atomic mass is 15.2. The summed E-state index contributed by atoms with van der Waals surface area (Å²) in [5.41, 5.74) is 10.8. The summed E-state index contributed by atoms with van der Waals surface area (Å²) in [4.78, 5) is 10.8. The number of nitrogens with zero attached hydrogens (tertiary/aromatic N) is 4. The van der Waals surface area contributed by atoms with Gasteiger partial charge in [-0.05, 0) is 52.2 Å². The molecule has 11 aromatic rings. The van der Waals surface area contributed by atoms with Gasteiger partial charge in [-0.1, -0.05) is 152 Å². The van der Waals surface area contributed by atoms with E-state index in [1.165, 1.54) is 43.4 Å². The summed E-state index contributed by atoms with van der Waals surface area (Å²) in [6, 6.07) is 64.7. The molecule has 0 radical (unpaired) electrons. The van der Waals surface area contributed by atoms with Gasteiger partial charge in [0.2, 0.25) is 5.95 Å². The average molecular weight is 663 g/mol. The second-order valence-electron chi connectivity index (χ2n) is 13.4. The molecular weight excluding hydrogens is 633 g/mol. The molecule has 4 heteroatoms. The molecule has 3 heterocycles. The van der Waals surface area contributed by atoms with Crippen molar-refractivity contribution in [1.29, 1.82) is 0 Å². The van der Waals surface area contributed by atoms with Crippen LogP contribution in [0.4, 0.5) is 0 Å². The summed E-state index contributed by atoms with van der Waals surface area (Å²) in [6.45, 7) is 0. The van der Waals surface area contributed by atoms with E-state index in [0.29, 0.717) is 5.95 Å². The molecule has 4 nitrogen and oxygen atoms in total. The molecule has 0 saturated carbocycles. The molecular formula is C48H30N4. The van der Waals surface area contributed by atoms with Crippen molar-refractivity contribution in [3.05, 3.63) is 182 Å². The van der Waals surface area contributed by atoms with E-state index in [2.05, 4.69) is 185 Å². The number of aromatic nitrogens is 4. The molecule has 0 atom stereocenters. The van der Waals surface area contributed by atoms with E-state index in [0.717, 1.165) is 49.9 Å². The molecule has 8 aromatic carbocycles. The van der Waals surface area contributed by atoms with Gasteiger partial charge < -0.3 is 4.57 Å². The normalized spacial score (nSPS) is 11.8. The lowest BCUT2D eigenvalue weighted by Crippen LogP contribution is -2.05. The van der Waals surface area contributed by atoms with Gasteiger partial charge in [0.05, 0.1) is 33.3 Å². The van der Waals surface area contributed by atoms with Crippen molar-refractivity contribution in [2.24, 2.45) is 0 Å². The lowest BCUT2D eigenvalue weighted by atomic mass is 9.98. The van der Waals surface area contributed by atoms with E-state index < -0.39 is 0 Å². The van der Waals surface area contributed by atoms with Crippen molar-refractivity contribution < 1.29 is 0 Å². The van der Waals surface area contributed by atoms with Crippen LogP contribution in [0.15, 0.2) is 182 Å². The highest BCUT2D eigenvalue weighted by Gasteiger charge is 2.26. The molecule has 3 aromatic heterocycles. The fourth-order valence-electron chi connectivity index (χ4n) is 8.28. The zero-order valence-corrected chi connectivity index (χ0v) is 28.1. The lowest BCUT2D eigenvalue weighted by Gasteiger charge is -2.15. The molecule has 0 fully saturated rings. The molecule has 0 amide bonds. The molecule has 0 bridgehead atoms. The summed E-state index contributed by atoms with van der Waals surface area (Å²) < 4.78 is 4.76. The van der Waals surface area contributed by atoms with E-state index in [9.17, 15) is 0 Å². The molecule has 0 aliphatic heterocycles. The van der Waals surface area contributed by atoms with Gasteiger partial charge in [-0.3, -0.25) is 4.57 Å². The smallest absolute Gasteiger partial charge is 0.235 e. The van der Waals surface area contributed by atoms with E-state index in [1.54, 1.807) is 0 Å². The number of hydrogen-bond donors (Lipinski definition) is 0.